The zero-order valence-corrected chi connectivity index (χ0v) is 22.7. The molecule has 1 rings (SSSR count). The van der Waals surface area contributed by atoms with Crippen molar-refractivity contribution in [1.29, 1.82) is 0 Å². The number of carbonyl (C=O) groups is 3. The summed E-state index contributed by atoms with van der Waals surface area (Å²) in [6, 6.07) is -0.134. The van der Waals surface area contributed by atoms with E-state index in [9.17, 15) is 14.4 Å². The molecule has 0 aliphatic carbocycles. The highest BCUT2D eigenvalue weighted by Gasteiger charge is 2.31. The van der Waals surface area contributed by atoms with Crippen molar-refractivity contribution in [3.8, 4) is 0 Å². The lowest BCUT2D eigenvalue weighted by molar-refractivity contribution is -0.138. The zero-order valence-electron chi connectivity index (χ0n) is 22.7. The SMILES string of the molecule is CC(C)C.CCOC(=O)/C(C)=C/C(C(C)C)N(C)C(=O)CNC(=O)C1CCCCN1C(C)C. The Hall–Kier alpha value is -1.89. The summed E-state index contributed by atoms with van der Waals surface area (Å²) in [7, 11) is 1.70. The highest BCUT2D eigenvalue weighted by molar-refractivity contribution is 5.89. The van der Waals surface area contributed by atoms with Gasteiger partial charge >= 0.3 is 5.97 Å². The maximum absolute atomic E-state index is 12.7. The number of hydrogen-bond donors (Lipinski definition) is 1. The van der Waals surface area contributed by atoms with E-state index >= 15 is 0 Å². The maximum Gasteiger partial charge on any atom is 0.333 e. The summed E-state index contributed by atoms with van der Waals surface area (Å²) in [5.41, 5.74) is 0.476. The normalized spacial score (nSPS) is 18.0. The molecule has 0 aromatic carbocycles. The zero-order chi connectivity index (χ0) is 25.7. The number of esters is 1. The number of carbonyl (C=O) groups excluding carboxylic acids is 3. The summed E-state index contributed by atoms with van der Waals surface area (Å²) < 4.78 is 5.03. The van der Waals surface area contributed by atoms with Crippen LogP contribution in [-0.2, 0) is 19.1 Å². The van der Waals surface area contributed by atoms with Crippen molar-refractivity contribution < 1.29 is 19.1 Å². The number of likely N-dealkylation sites (N-methyl/N-ethyl adjacent to an activating group) is 1. The van der Waals surface area contributed by atoms with Crippen LogP contribution in [0.1, 0.15) is 81.6 Å². The summed E-state index contributed by atoms with van der Waals surface area (Å²) in [6.45, 7) is 19.3. The predicted octanol–water partition coefficient (Wildman–Crippen LogP) is 4.02. The monoisotopic (exact) mass is 467 g/mol. The second-order valence-corrected chi connectivity index (χ2v) is 10.1. The van der Waals surface area contributed by atoms with E-state index in [1.807, 2.05) is 13.8 Å². The summed E-state index contributed by atoms with van der Waals surface area (Å²) in [5, 5.41) is 2.82. The number of nitrogens with one attached hydrogen (secondary N) is 1. The van der Waals surface area contributed by atoms with E-state index in [2.05, 4.69) is 44.8 Å². The Morgan fingerprint density at radius 1 is 1.09 bits per heavy atom. The molecule has 0 aromatic rings. The van der Waals surface area contributed by atoms with Gasteiger partial charge in [0.15, 0.2) is 0 Å². The van der Waals surface area contributed by atoms with E-state index in [0.29, 0.717) is 18.2 Å². The Kier molecular flexibility index (Phi) is 15.0. The lowest BCUT2D eigenvalue weighted by atomic mass is 9.99. The van der Waals surface area contributed by atoms with Gasteiger partial charge in [0, 0.05) is 18.7 Å². The average molecular weight is 468 g/mol. The van der Waals surface area contributed by atoms with Gasteiger partial charge in [-0.3, -0.25) is 14.5 Å². The third-order valence-electron chi connectivity index (χ3n) is 5.47. The van der Waals surface area contributed by atoms with Crippen LogP contribution >= 0.6 is 0 Å². The van der Waals surface area contributed by atoms with Crippen LogP contribution < -0.4 is 5.32 Å². The first-order valence-corrected chi connectivity index (χ1v) is 12.5. The highest BCUT2D eigenvalue weighted by atomic mass is 16.5. The quantitative estimate of drug-likeness (QED) is 0.409. The molecule has 1 aliphatic heterocycles. The molecule has 0 radical (unpaired) electrons. The number of ether oxygens (including phenoxy) is 1. The van der Waals surface area contributed by atoms with Gasteiger partial charge in [-0.25, -0.2) is 4.79 Å². The van der Waals surface area contributed by atoms with Crippen LogP contribution in [-0.4, -0.2) is 72.5 Å². The van der Waals surface area contributed by atoms with Crippen molar-refractivity contribution in [2.24, 2.45) is 11.8 Å². The van der Waals surface area contributed by atoms with E-state index in [4.69, 9.17) is 4.74 Å². The molecule has 0 saturated carbocycles. The van der Waals surface area contributed by atoms with Gasteiger partial charge in [0.05, 0.1) is 25.2 Å². The van der Waals surface area contributed by atoms with Crippen LogP contribution in [0.15, 0.2) is 11.6 Å². The van der Waals surface area contributed by atoms with Crippen molar-refractivity contribution >= 4 is 17.8 Å². The van der Waals surface area contributed by atoms with E-state index in [1.54, 1.807) is 31.9 Å². The van der Waals surface area contributed by atoms with Crippen molar-refractivity contribution in [1.82, 2.24) is 15.1 Å². The lowest BCUT2D eigenvalue weighted by Crippen LogP contribution is -2.53. The van der Waals surface area contributed by atoms with Crippen molar-refractivity contribution in [2.75, 3.05) is 26.7 Å². The third kappa shape index (κ3) is 11.7. The van der Waals surface area contributed by atoms with Crippen molar-refractivity contribution in [3.63, 3.8) is 0 Å². The van der Waals surface area contributed by atoms with Gasteiger partial charge in [-0.05, 0) is 58.9 Å². The second kappa shape index (κ2) is 15.9. The molecule has 1 aliphatic rings. The van der Waals surface area contributed by atoms with Crippen molar-refractivity contribution in [2.45, 2.75) is 99.7 Å². The van der Waals surface area contributed by atoms with Gasteiger partial charge in [-0.15, -0.1) is 0 Å². The minimum atomic E-state index is -0.377. The van der Waals surface area contributed by atoms with Gasteiger partial charge in [0.2, 0.25) is 11.8 Å². The van der Waals surface area contributed by atoms with Gasteiger partial charge in [-0.1, -0.05) is 47.1 Å². The number of rotatable bonds is 9. The summed E-state index contributed by atoms with van der Waals surface area (Å²) in [4.78, 5) is 41.1. The maximum atomic E-state index is 12.7. The molecular weight excluding hydrogens is 418 g/mol. The first kappa shape index (κ1) is 31.1. The predicted molar refractivity (Wildman–Crippen MR) is 135 cm³/mol. The fourth-order valence-electron chi connectivity index (χ4n) is 3.75. The fourth-order valence-corrected chi connectivity index (χ4v) is 3.75. The van der Waals surface area contributed by atoms with Crippen LogP contribution in [0.25, 0.3) is 0 Å². The molecule has 2 amide bonds. The molecule has 2 unspecified atom stereocenters. The molecule has 0 aromatic heterocycles. The molecule has 1 fully saturated rings. The molecule has 0 bridgehead atoms. The second-order valence-electron chi connectivity index (χ2n) is 10.1. The standard InChI is InChI=1S/C22H39N3O4.C4H10/c1-8-29-22(28)17(6)13-19(15(2)3)24(7)20(26)14-23-21(27)18-11-9-10-12-25(18)16(4)5;1-4(2)3/h13,15-16,18-19H,8-12,14H2,1-7H3,(H,23,27);4H,1-3H3/b17-13+;. The van der Waals surface area contributed by atoms with Gasteiger partial charge in [-0.2, -0.15) is 0 Å². The van der Waals surface area contributed by atoms with Gasteiger partial charge < -0.3 is 15.0 Å². The largest absolute Gasteiger partial charge is 0.463 e. The topological polar surface area (TPSA) is 79.0 Å². The van der Waals surface area contributed by atoms with E-state index < -0.39 is 0 Å². The van der Waals surface area contributed by atoms with Crippen molar-refractivity contribution in [3.05, 3.63) is 11.6 Å². The molecule has 1 N–H and O–H groups in total. The van der Waals surface area contributed by atoms with E-state index in [-0.39, 0.29) is 42.3 Å². The fraction of sp³-hybridized carbons (Fsp3) is 0.808. The molecule has 192 valence electrons. The Morgan fingerprint density at radius 3 is 2.15 bits per heavy atom. The Balaban J connectivity index is 0.00000235. The molecule has 0 spiro atoms. The first-order valence-electron chi connectivity index (χ1n) is 12.5. The number of nitrogens with zero attached hydrogens (tertiary/aromatic N) is 2. The van der Waals surface area contributed by atoms with Crippen LogP contribution in [0.3, 0.4) is 0 Å². The van der Waals surface area contributed by atoms with Crippen LogP contribution in [0, 0.1) is 11.8 Å². The molecule has 2 atom stereocenters. The molecule has 7 heteroatoms. The van der Waals surface area contributed by atoms with Gasteiger partial charge in [0.25, 0.3) is 0 Å². The number of hydrogen-bond acceptors (Lipinski definition) is 5. The Bertz CT molecular complexity index is 641. The average Bonchev–Trinajstić information content (AvgIpc) is 2.74. The molecule has 1 saturated heterocycles. The Morgan fingerprint density at radius 2 is 1.67 bits per heavy atom. The first-order chi connectivity index (χ1) is 15.3. The van der Waals surface area contributed by atoms with Crippen LogP contribution in [0.2, 0.25) is 0 Å². The Labute approximate surface area is 202 Å². The minimum absolute atomic E-state index is 0.0483. The van der Waals surface area contributed by atoms with Crippen LogP contribution in [0.4, 0.5) is 0 Å². The molecule has 7 nitrogen and oxygen atoms in total. The summed E-state index contributed by atoms with van der Waals surface area (Å²) in [5.74, 6) is 0.300. The summed E-state index contributed by atoms with van der Waals surface area (Å²) in [6.07, 6.45) is 4.72. The number of piperidine rings is 1. The number of amides is 2. The van der Waals surface area contributed by atoms with E-state index in [0.717, 1.165) is 31.7 Å². The molecule has 33 heavy (non-hydrogen) atoms. The lowest BCUT2D eigenvalue weighted by Gasteiger charge is -2.37. The highest BCUT2D eigenvalue weighted by Crippen LogP contribution is 2.20. The minimum Gasteiger partial charge on any atom is -0.463 e. The van der Waals surface area contributed by atoms with Gasteiger partial charge in [0.1, 0.15) is 0 Å². The van der Waals surface area contributed by atoms with Crippen LogP contribution in [0.5, 0.6) is 0 Å². The summed E-state index contributed by atoms with van der Waals surface area (Å²) >= 11 is 0. The molecule has 1 heterocycles. The van der Waals surface area contributed by atoms with E-state index in [1.165, 1.54) is 0 Å². The smallest absolute Gasteiger partial charge is 0.333 e. The molecular formula is C26H49N3O4. The third-order valence-corrected chi connectivity index (χ3v) is 5.47. The number of likely N-dealkylation sites (tertiary alicyclic amines) is 1.